The van der Waals surface area contributed by atoms with E-state index in [1.807, 2.05) is 30.3 Å². The van der Waals surface area contributed by atoms with Gasteiger partial charge in [-0.05, 0) is 35.8 Å². The molecule has 1 heterocycles. The van der Waals surface area contributed by atoms with Crippen molar-refractivity contribution >= 4 is 25.8 Å². The lowest BCUT2D eigenvalue weighted by Gasteiger charge is -2.48. The van der Waals surface area contributed by atoms with Crippen LogP contribution in [0.15, 0.2) is 54.6 Å². The monoisotopic (exact) mass is 426 g/mol. The van der Waals surface area contributed by atoms with Crippen LogP contribution in [0.3, 0.4) is 0 Å². The van der Waals surface area contributed by atoms with Crippen LogP contribution in [-0.4, -0.2) is 36.1 Å². The number of nitro groups is 1. The summed E-state index contributed by atoms with van der Waals surface area (Å²) in [5.41, 5.74) is 0.966. The molecule has 1 aliphatic heterocycles. The van der Waals surface area contributed by atoms with Crippen LogP contribution >= 0.6 is 0 Å². The Morgan fingerprint density at radius 2 is 1.60 bits per heavy atom. The molecular weight excluding hydrogens is 400 g/mol. The summed E-state index contributed by atoms with van der Waals surface area (Å²) in [6.07, 6.45) is -0.680. The van der Waals surface area contributed by atoms with E-state index in [9.17, 15) is 19.7 Å². The van der Waals surface area contributed by atoms with Crippen molar-refractivity contribution in [2.75, 3.05) is 0 Å². The number of carbonyl (C=O) groups excluding carboxylic acids is 2. The Kier molecular flexibility index (Phi) is 6.48. The first-order chi connectivity index (χ1) is 14.4. The molecule has 7 nitrogen and oxygen atoms in total. The first-order valence-corrected chi connectivity index (χ1v) is 12.7. The Balaban J connectivity index is 1.93. The van der Waals surface area contributed by atoms with Crippen LogP contribution in [-0.2, 0) is 9.22 Å². The number of carbonyl (C=O) groups is 2. The van der Waals surface area contributed by atoms with Gasteiger partial charge in [-0.3, -0.25) is 24.6 Å². The van der Waals surface area contributed by atoms with Gasteiger partial charge in [-0.25, -0.2) is 0 Å². The molecule has 2 atom stereocenters. The van der Waals surface area contributed by atoms with Crippen molar-refractivity contribution < 1.29 is 18.9 Å². The van der Waals surface area contributed by atoms with Gasteiger partial charge < -0.3 is 4.43 Å². The van der Waals surface area contributed by atoms with Crippen LogP contribution in [0, 0.1) is 10.1 Å². The third-order valence-corrected chi connectivity index (χ3v) is 10.7. The van der Waals surface area contributed by atoms with Crippen LogP contribution in [0.4, 0.5) is 5.69 Å². The summed E-state index contributed by atoms with van der Waals surface area (Å²) in [6, 6.07) is 16.9. The maximum absolute atomic E-state index is 13.1. The highest BCUT2D eigenvalue weighted by Gasteiger charge is 2.54. The van der Waals surface area contributed by atoms with Crippen LogP contribution in [0.1, 0.15) is 42.7 Å². The van der Waals surface area contributed by atoms with Crippen molar-refractivity contribution in [3.8, 4) is 0 Å². The molecule has 0 aliphatic carbocycles. The predicted molar refractivity (Wildman–Crippen MR) is 116 cm³/mol. The lowest BCUT2D eigenvalue weighted by Crippen LogP contribution is -2.64. The molecule has 1 saturated heterocycles. The smallest absolute Gasteiger partial charge is 0.269 e. The van der Waals surface area contributed by atoms with Gasteiger partial charge >= 0.3 is 0 Å². The van der Waals surface area contributed by atoms with E-state index in [4.69, 9.17) is 4.43 Å². The maximum atomic E-state index is 13.1. The van der Waals surface area contributed by atoms with Gasteiger partial charge in [0.2, 0.25) is 0 Å². The second-order valence-electron chi connectivity index (χ2n) is 7.46. The topological polar surface area (TPSA) is 89.8 Å². The quantitative estimate of drug-likeness (QED) is 0.200. The second kappa shape index (κ2) is 8.89. The number of nitrogens with zero attached hydrogens (tertiary/aromatic N) is 2. The lowest BCUT2D eigenvalue weighted by atomic mass is 9.90. The SMILES string of the molecule is CC[Si](CC)(CC)O[C@H]1C(=O)N(C(=O)c2ccc([N+](=O)[O-])cc2)[C@H]1c1ccccc1. The number of hydrogen-bond acceptors (Lipinski definition) is 5. The highest BCUT2D eigenvalue weighted by Crippen LogP contribution is 2.41. The minimum atomic E-state index is -2.06. The molecule has 2 aromatic rings. The summed E-state index contributed by atoms with van der Waals surface area (Å²) in [5, 5.41) is 10.9. The molecule has 2 amide bonds. The number of amides is 2. The largest absolute Gasteiger partial charge is 0.403 e. The number of nitro benzene ring substituents is 1. The number of benzene rings is 2. The fourth-order valence-electron chi connectivity index (χ4n) is 3.91. The summed E-state index contributed by atoms with van der Waals surface area (Å²) in [6.45, 7) is 6.29. The zero-order chi connectivity index (χ0) is 21.9. The van der Waals surface area contributed by atoms with Crippen LogP contribution < -0.4 is 0 Å². The molecule has 1 fully saturated rings. The van der Waals surface area contributed by atoms with E-state index in [0.717, 1.165) is 23.7 Å². The van der Waals surface area contributed by atoms with Crippen LogP contribution in [0.5, 0.6) is 0 Å². The average Bonchev–Trinajstić information content (AvgIpc) is 2.78. The fraction of sp³-hybridized carbons (Fsp3) is 0.364. The highest BCUT2D eigenvalue weighted by molar-refractivity contribution is 6.73. The van der Waals surface area contributed by atoms with Crippen molar-refractivity contribution in [3.63, 3.8) is 0 Å². The molecule has 158 valence electrons. The van der Waals surface area contributed by atoms with E-state index < -0.39 is 31.3 Å². The molecule has 2 aromatic carbocycles. The Hall–Kier alpha value is -2.84. The van der Waals surface area contributed by atoms with Gasteiger partial charge in [0.25, 0.3) is 17.5 Å². The predicted octanol–water partition coefficient (Wildman–Crippen LogP) is 4.71. The standard InChI is InChI=1S/C22H26N2O5Si/c1-4-30(5-2,6-3)29-20-19(16-10-8-7-9-11-16)23(22(20)26)21(25)17-12-14-18(15-13-17)24(27)28/h7-15,19-20H,4-6H2,1-3H3/t19-,20+/m0/s1. The Bertz CT molecular complexity index is 920. The fourth-order valence-corrected chi connectivity index (χ4v) is 6.68. The molecule has 8 heteroatoms. The minimum Gasteiger partial charge on any atom is -0.403 e. The van der Waals surface area contributed by atoms with Crippen molar-refractivity contribution in [2.24, 2.45) is 0 Å². The zero-order valence-electron chi connectivity index (χ0n) is 17.4. The highest BCUT2D eigenvalue weighted by atomic mass is 28.4. The first kappa shape index (κ1) is 21.9. The van der Waals surface area contributed by atoms with E-state index >= 15 is 0 Å². The summed E-state index contributed by atoms with van der Waals surface area (Å²) < 4.78 is 6.47. The Labute approximate surface area is 176 Å². The second-order valence-corrected chi connectivity index (χ2v) is 12.2. The van der Waals surface area contributed by atoms with E-state index in [0.29, 0.717) is 0 Å². The van der Waals surface area contributed by atoms with E-state index in [1.54, 1.807) is 0 Å². The minimum absolute atomic E-state index is 0.105. The van der Waals surface area contributed by atoms with Crippen molar-refractivity contribution in [1.82, 2.24) is 4.90 Å². The third-order valence-electron chi connectivity index (χ3n) is 6.04. The van der Waals surface area contributed by atoms with Gasteiger partial charge in [0.15, 0.2) is 14.4 Å². The van der Waals surface area contributed by atoms with Gasteiger partial charge in [0.05, 0.1) is 11.0 Å². The molecule has 0 N–H and O–H groups in total. The van der Waals surface area contributed by atoms with Crippen LogP contribution in [0.2, 0.25) is 18.1 Å². The summed E-state index contributed by atoms with van der Waals surface area (Å²) in [4.78, 5) is 37.7. The number of likely N-dealkylation sites (tertiary alicyclic amines) is 1. The van der Waals surface area contributed by atoms with E-state index in [-0.39, 0.29) is 17.2 Å². The zero-order valence-corrected chi connectivity index (χ0v) is 18.4. The van der Waals surface area contributed by atoms with Gasteiger partial charge in [0.1, 0.15) is 0 Å². The van der Waals surface area contributed by atoms with Gasteiger partial charge in [0, 0.05) is 17.7 Å². The van der Waals surface area contributed by atoms with Crippen molar-refractivity contribution in [2.45, 2.75) is 51.0 Å². The molecule has 0 aromatic heterocycles. The summed E-state index contributed by atoms with van der Waals surface area (Å²) in [7, 11) is -2.06. The molecule has 0 radical (unpaired) electrons. The molecule has 30 heavy (non-hydrogen) atoms. The number of hydrogen-bond donors (Lipinski definition) is 0. The number of rotatable bonds is 8. The van der Waals surface area contributed by atoms with E-state index in [1.165, 1.54) is 29.2 Å². The first-order valence-electron chi connectivity index (χ1n) is 10.2. The molecule has 0 bridgehead atoms. The molecule has 1 aliphatic rings. The molecular formula is C22H26N2O5Si. The molecule has 0 spiro atoms. The lowest BCUT2D eigenvalue weighted by molar-refractivity contribution is -0.384. The maximum Gasteiger partial charge on any atom is 0.269 e. The van der Waals surface area contributed by atoms with Crippen molar-refractivity contribution in [1.29, 1.82) is 0 Å². The number of β-lactam (4-membered cyclic amide) rings is 1. The Morgan fingerprint density at radius 1 is 1.03 bits per heavy atom. The van der Waals surface area contributed by atoms with Gasteiger partial charge in [-0.15, -0.1) is 0 Å². The third kappa shape index (κ3) is 3.93. The number of imide groups is 1. The summed E-state index contributed by atoms with van der Waals surface area (Å²) >= 11 is 0. The molecule has 0 saturated carbocycles. The van der Waals surface area contributed by atoms with E-state index in [2.05, 4.69) is 20.8 Å². The molecule has 3 rings (SSSR count). The average molecular weight is 427 g/mol. The normalized spacial score (nSPS) is 18.8. The van der Waals surface area contributed by atoms with Gasteiger partial charge in [-0.2, -0.15) is 0 Å². The number of non-ortho nitro benzene ring substituents is 1. The van der Waals surface area contributed by atoms with Crippen molar-refractivity contribution in [3.05, 3.63) is 75.8 Å². The summed E-state index contributed by atoms with van der Waals surface area (Å²) in [5.74, 6) is -0.820. The van der Waals surface area contributed by atoms with Gasteiger partial charge in [-0.1, -0.05) is 51.1 Å². The molecule has 0 unspecified atom stereocenters. The van der Waals surface area contributed by atoms with Crippen LogP contribution in [0.25, 0.3) is 0 Å². The Morgan fingerprint density at radius 3 is 2.10 bits per heavy atom.